The van der Waals surface area contributed by atoms with E-state index in [2.05, 4.69) is 15.4 Å². The second-order valence-corrected chi connectivity index (χ2v) is 5.37. The zero-order chi connectivity index (χ0) is 18.5. The summed E-state index contributed by atoms with van der Waals surface area (Å²) in [5, 5.41) is 17.6. The normalized spacial score (nSPS) is 11.0. The van der Waals surface area contributed by atoms with Gasteiger partial charge < -0.3 is 9.73 Å². The van der Waals surface area contributed by atoms with Crippen LogP contribution in [0.5, 0.6) is 0 Å². The zero-order valence-electron chi connectivity index (χ0n) is 13.8. The van der Waals surface area contributed by atoms with Crippen molar-refractivity contribution in [3.63, 3.8) is 0 Å². The van der Waals surface area contributed by atoms with Crippen LogP contribution in [0.15, 0.2) is 58.3 Å². The number of nitro benzene ring substituents is 1. The molecule has 132 valence electrons. The number of nitrogens with one attached hydrogen (secondary N) is 1. The number of hydrogen-bond acceptors (Lipinski definition) is 6. The molecule has 0 atom stereocenters. The summed E-state index contributed by atoms with van der Waals surface area (Å²) >= 11 is 0. The first-order valence-electron chi connectivity index (χ1n) is 7.65. The molecule has 0 saturated heterocycles. The van der Waals surface area contributed by atoms with Gasteiger partial charge in [0, 0.05) is 25.4 Å². The predicted octanol–water partition coefficient (Wildman–Crippen LogP) is 2.60. The molecule has 0 radical (unpaired) electrons. The number of rotatable bonds is 6. The van der Waals surface area contributed by atoms with E-state index in [1.54, 1.807) is 31.3 Å². The highest BCUT2D eigenvalue weighted by Crippen LogP contribution is 2.19. The molecule has 26 heavy (non-hydrogen) atoms. The molecule has 0 unspecified atom stereocenters. The molecule has 0 bridgehead atoms. The molecule has 0 spiro atoms. The van der Waals surface area contributed by atoms with Crippen LogP contribution in [0.2, 0.25) is 0 Å². The van der Waals surface area contributed by atoms with Crippen molar-refractivity contribution >= 4 is 23.5 Å². The smallest absolute Gasteiger partial charge is 0.272 e. The average Bonchev–Trinajstić information content (AvgIpc) is 3.28. The summed E-state index contributed by atoms with van der Waals surface area (Å²) in [6, 6.07) is 9.54. The monoisotopic (exact) mass is 353 g/mol. The van der Waals surface area contributed by atoms with Gasteiger partial charge in [-0.1, -0.05) is 12.1 Å². The van der Waals surface area contributed by atoms with Crippen LogP contribution >= 0.6 is 0 Å². The average molecular weight is 353 g/mol. The molecule has 1 amide bonds. The van der Waals surface area contributed by atoms with E-state index >= 15 is 0 Å². The highest BCUT2D eigenvalue weighted by molar-refractivity contribution is 5.98. The van der Waals surface area contributed by atoms with Crippen LogP contribution in [0, 0.1) is 10.1 Å². The summed E-state index contributed by atoms with van der Waals surface area (Å²) in [5.41, 5.74) is 1.15. The molecular formula is C17H15N5O4. The Morgan fingerprint density at radius 1 is 1.42 bits per heavy atom. The van der Waals surface area contributed by atoms with Gasteiger partial charge in [-0.15, -0.1) is 0 Å². The first-order valence-corrected chi connectivity index (χ1v) is 7.65. The van der Waals surface area contributed by atoms with Crippen molar-refractivity contribution in [3.8, 4) is 0 Å². The van der Waals surface area contributed by atoms with Crippen molar-refractivity contribution in [2.75, 3.05) is 0 Å². The molecule has 9 heteroatoms. The quantitative estimate of drug-likeness (QED) is 0.415. The van der Waals surface area contributed by atoms with Crippen LogP contribution in [0.3, 0.4) is 0 Å². The molecule has 3 aromatic rings. The summed E-state index contributed by atoms with van der Waals surface area (Å²) in [7, 11) is 1.63. The second-order valence-electron chi connectivity index (χ2n) is 5.37. The lowest BCUT2D eigenvalue weighted by Crippen LogP contribution is -2.25. The molecule has 1 N–H and O–H groups in total. The largest absolute Gasteiger partial charge is 0.467 e. The number of aromatic nitrogens is 2. The van der Waals surface area contributed by atoms with Crippen LogP contribution in [-0.2, 0) is 13.6 Å². The number of benzene rings is 1. The summed E-state index contributed by atoms with van der Waals surface area (Å²) in [6.45, 7) is 0.241. The number of hydrogen-bond donors (Lipinski definition) is 1. The summed E-state index contributed by atoms with van der Waals surface area (Å²) < 4.78 is 6.59. The van der Waals surface area contributed by atoms with Gasteiger partial charge in [-0.3, -0.25) is 24.6 Å². The van der Waals surface area contributed by atoms with E-state index in [1.165, 1.54) is 35.5 Å². The number of amides is 1. The molecule has 3 rings (SSSR count). The van der Waals surface area contributed by atoms with Gasteiger partial charge in [-0.2, -0.15) is 5.10 Å². The van der Waals surface area contributed by atoms with Crippen LogP contribution in [0.4, 0.5) is 11.4 Å². The Hall–Kier alpha value is -3.75. The number of aliphatic imine (C=N–C) groups is 1. The summed E-state index contributed by atoms with van der Waals surface area (Å²) in [5.74, 6) is 0.273. The maximum absolute atomic E-state index is 12.4. The zero-order valence-corrected chi connectivity index (χ0v) is 13.8. The number of carbonyl (C=O) groups excluding carboxylic acids is 1. The highest BCUT2D eigenvalue weighted by atomic mass is 16.6. The fourth-order valence-electron chi connectivity index (χ4n) is 2.31. The van der Waals surface area contributed by atoms with Gasteiger partial charge in [0.25, 0.3) is 11.6 Å². The van der Waals surface area contributed by atoms with E-state index in [1.807, 2.05) is 0 Å². The van der Waals surface area contributed by atoms with Gasteiger partial charge in [-0.25, -0.2) is 0 Å². The minimum absolute atomic E-state index is 0.0310. The van der Waals surface area contributed by atoms with E-state index in [0.29, 0.717) is 17.0 Å². The van der Waals surface area contributed by atoms with Crippen molar-refractivity contribution in [1.29, 1.82) is 0 Å². The molecule has 9 nitrogen and oxygen atoms in total. The van der Waals surface area contributed by atoms with E-state index in [-0.39, 0.29) is 23.8 Å². The lowest BCUT2D eigenvalue weighted by molar-refractivity contribution is -0.384. The fourth-order valence-corrected chi connectivity index (χ4v) is 2.31. The van der Waals surface area contributed by atoms with Crippen molar-refractivity contribution in [3.05, 3.63) is 76.0 Å². The summed E-state index contributed by atoms with van der Waals surface area (Å²) in [6.07, 6.45) is 4.43. The molecule has 2 aromatic heterocycles. The summed E-state index contributed by atoms with van der Waals surface area (Å²) in [4.78, 5) is 27.0. The van der Waals surface area contributed by atoms with Gasteiger partial charge in [0.05, 0.1) is 23.9 Å². The van der Waals surface area contributed by atoms with E-state index in [9.17, 15) is 14.9 Å². The van der Waals surface area contributed by atoms with Crippen LogP contribution in [0.1, 0.15) is 21.8 Å². The van der Waals surface area contributed by atoms with Crippen molar-refractivity contribution < 1.29 is 14.1 Å². The molecule has 0 fully saturated rings. The fraction of sp³-hybridized carbons (Fsp3) is 0.118. The standard InChI is InChI=1S/C17H15N5O4/c1-21-16(17(23)19-10-14-6-3-7-26-14)15(11-20-21)18-9-12-4-2-5-13(8-12)22(24)25/h2-9,11H,10H2,1H3,(H,19,23). The van der Waals surface area contributed by atoms with Crippen LogP contribution in [-0.4, -0.2) is 26.8 Å². The van der Waals surface area contributed by atoms with Crippen molar-refractivity contribution in [1.82, 2.24) is 15.1 Å². The Morgan fingerprint density at radius 2 is 2.27 bits per heavy atom. The lowest BCUT2D eigenvalue weighted by atomic mass is 10.2. The minimum atomic E-state index is -0.477. The van der Waals surface area contributed by atoms with Crippen LogP contribution in [0.25, 0.3) is 0 Å². The van der Waals surface area contributed by atoms with Gasteiger partial charge in [0.15, 0.2) is 5.69 Å². The molecule has 0 aliphatic rings. The molecule has 1 aromatic carbocycles. The number of nitrogens with zero attached hydrogens (tertiary/aromatic N) is 4. The SMILES string of the molecule is Cn1ncc(N=Cc2cccc([N+](=O)[O-])c2)c1C(=O)NCc1ccco1. The molecular weight excluding hydrogens is 338 g/mol. The first-order chi connectivity index (χ1) is 12.5. The van der Waals surface area contributed by atoms with Crippen molar-refractivity contribution in [2.24, 2.45) is 12.0 Å². The number of nitro groups is 1. The number of aryl methyl sites for hydroxylation is 1. The predicted molar refractivity (Wildman–Crippen MR) is 93.4 cm³/mol. The third kappa shape index (κ3) is 3.83. The number of non-ortho nitro benzene ring substituents is 1. The Labute approximate surface area is 148 Å². The van der Waals surface area contributed by atoms with Gasteiger partial charge >= 0.3 is 0 Å². The Balaban J connectivity index is 1.78. The van der Waals surface area contributed by atoms with Gasteiger partial charge in [-0.05, 0) is 17.7 Å². The maximum atomic E-state index is 12.4. The topological polar surface area (TPSA) is 116 Å². The minimum Gasteiger partial charge on any atom is -0.467 e. The highest BCUT2D eigenvalue weighted by Gasteiger charge is 2.16. The second kappa shape index (κ2) is 7.43. The van der Waals surface area contributed by atoms with Gasteiger partial charge in [0.2, 0.25) is 0 Å². The third-order valence-corrected chi connectivity index (χ3v) is 3.57. The van der Waals surface area contributed by atoms with Gasteiger partial charge in [0.1, 0.15) is 11.4 Å². The number of carbonyl (C=O) groups is 1. The lowest BCUT2D eigenvalue weighted by Gasteiger charge is -2.04. The molecule has 0 aliphatic heterocycles. The first kappa shape index (κ1) is 17.1. The Kier molecular flexibility index (Phi) is 4.88. The molecule has 0 aliphatic carbocycles. The molecule has 2 heterocycles. The third-order valence-electron chi connectivity index (χ3n) is 3.57. The maximum Gasteiger partial charge on any atom is 0.272 e. The van der Waals surface area contributed by atoms with E-state index < -0.39 is 4.92 Å². The molecule has 0 saturated carbocycles. The van der Waals surface area contributed by atoms with Crippen molar-refractivity contribution in [2.45, 2.75) is 6.54 Å². The van der Waals surface area contributed by atoms with E-state index in [4.69, 9.17) is 4.42 Å². The number of furan rings is 1. The Morgan fingerprint density at radius 3 is 3.00 bits per heavy atom. The Bertz CT molecular complexity index is 959. The van der Waals surface area contributed by atoms with E-state index in [0.717, 1.165) is 0 Å². The van der Waals surface area contributed by atoms with Crippen LogP contribution < -0.4 is 5.32 Å².